The lowest BCUT2D eigenvalue weighted by Gasteiger charge is -2.16. The van der Waals surface area contributed by atoms with E-state index in [0.717, 1.165) is 18.3 Å². The van der Waals surface area contributed by atoms with Gasteiger partial charge >= 0.3 is 0 Å². The largest absolute Gasteiger partial charge is 0.507 e. The van der Waals surface area contributed by atoms with Crippen LogP contribution in [0.5, 0.6) is 11.5 Å². The van der Waals surface area contributed by atoms with E-state index in [4.69, 9.17) is 0 Å². The first kappa shape index (κ1) is 15.9. The van der Waals surface area contributed by atoms with Gasteiger partial charge < -0.3 is 10.2 Å². The maximum absolute atomic E-state index is 9.87. The summed E-state index contributed by atoms with van der Waals surface area (Å²) in [5, 5.41) is 19.7. The van der Waals surface area contributed by atoms with Gasteiger partial charge in [0.05, 0.1) is 7.14 Å². The van der Waals surface area contributed by atoms with E-state index >= 15 is 0 Å². The highest BCUT2D eigenvalue weighted by atomic mass is 127. The quantitative estimate of drug-likeness (QED) is 0.573. The minimum atomic E-state index is 0.218. The van der Waals surface area contributed by atoms with Crippen molar-refractivity contribution in [2.24, 2.45) is 0 Å². The van der Waals surface area contributed by atoms with Crippen LogP contribution in [0.25, 0.3) is 0 Å². The molecule has 0 aliphatic rings. The molecule has 0 heterocycles. The second-order valence-electron chi connectivity index (χ2n) is 5.06. The lowest BCUT2D eigenvalue weighted by atomic mass is 9.91. The van der Waals surface area contributed by atoms with Crippen LogP contribution >= 0.6 is 45.2 Å². The summed E-state index contributed by atoms with van der Waals surface area (Å²) in [6.45, 7) is 5.98. The zero-order valence-electron chi connectivity index (χ0n) is 11.5. The number of halogens is 2. The van der Waals surface area contributed by atoms with E-state index in [2.05, 4.69) is 52.1 Å². The van der Waals surface area contributed by atoms with Gasteiger partial charge in [0, 0.05) is 5.92 Å². The van der Waals surface area contributed by atoms with Crippen LogP contribution in [-0.4, -0.2) is 10.2 Å². The Bertz CT molecular complexity index is 562. The number of aromatic hydroxyl groups is 2. The summed E-state index contributed by atoms with van der Waals surface area (Å²) in [5.41, 5.74) is 4.13. The predicted octanol–water partition coefficient (Wildman–Crippen LogP) is 5.08. The number of phenols is 2. The second kappa shape index (κ2) is 6.09. The number of phenolic OH excluding ortho intramolecular Hbond substituents is 2. The third-order valence-corrected chi connectivity index (χ3v) is 5.20. The van der Waals surface area contributed by atoms with Gasteiger partial charge in [-0.25, -0.2) is 0 Å². The molecule has 2 aromatic carbocycles. The van der Waals surface area contributed by atoms with Crippen molar-refractivity contribution in [3.8, 4) is 11.5 Å². The topological polar surface area (TPSA) is 40.5 Å². The summed E-state index contributed by atoms with van der Waals surface area (Å²) in [6.07, 6.45) is 0. The number of hydrogen-bond acceptors (Lipinski definition) is 2. The monoisotopic (exact) mass is 494 g/mol. The Hall–Kier alpha value is -0.500. The van der Waals surface area contributed by atoms with E-state index in [9.17, 15) is 10.2 Å². The van der Waals surface area contributed by atoms with Crippen LogP contribution in [0.3, 0.4) is 0 Å². The lowest BCUT2D eigenvalue weighted by Crippen LogP contribution is -1.99. The molecule has 0 amide bonds. The molecule has 0 bridgehead atoms. The minimum absolute atomic E-state index is 0.218. The summed E-state index contributed by atoms with van der Waals surface area (Å²) in [6, 6.07) is 8.08. The van der Waals surface area contributed by atoms with Gasteiger partial charge in [0.25, 0.3) is 0 Å². The summed E-state index contributed by atoms with van der Waals surface area (Å²) in [7, 11) is 0. The molecule has 106 valence electrons. The maximum Gasteiger partial charge on any atom is 0.131 e. The first-order valence-electron chi connectivity index (χ1n) is 6.29. The van der Waals surface area contributed by atoms with E-state index in [-0.39, 0.29) is 5.92 Å². The smallest absolute Gasteiger partial charge is 0.131 e. The van der Waals surface area contributed by atoms with Gasteiger partial charge in [-0.3, -0.25) is 0 Å². The first-order valence-corrected chi connectivity index (χ1v) is 8.45. The molecule has 0 radical (unpaired) electrons. The lowest BCUT2D eigenvalue weighted by molar-refractivity contribution is 0.467. The Morgan fingerprint density at radius 1 is 0.800 bits per heavy atom. The van der Waals surface area contributed by atoms with Crippen molar-refractivity contribution < 1.29 is 10.2 Å². The predicted molar refractivity (Wildman–Crippen MR) is 98.6 cm³/mol. The Morgan fingerprint density at radius 3 is 1.45 bits per heavy atom. The number of benzene rings is 2. The van der Waals surface area contributed by atoms with Crippen LogP contribution in [0.2, 0.25) is 0 Å². The van der Waals surface area contributed by atoms with Gasteiger partial charge in [0.1, 0.15) is 11.5 Å². The average Bonchev–Trinajstić information content (AvgIpc) is 2.40. The van der Waals surface area contributed by atoms with Crippen molar-refractivity contribution in [1.82, 2.24) is 0 Å². The molecular weight excluding hydrogens is 478 g/mol. The maximum atomic E-state index is 9.87. The van der Waals surface area contributed by atoms with Crippen molar-refractivity contribution in [3.63, 3.8) is 0 Å². The second-order valence-corrected chi connectivity index (χ2v) is 7.38. The molecule has 0 spiro atoms. The van der Waals surface area contributed by atoms with Crippen molar-refractivity contribution in [2.45, 2.75) is 26.7 Å². The molecule has 0 unspecified atom stereocenters. The van der Waals surface area contributed by atoms with Crippen molar-refractivity contribution in [3.05, 3.63) is 53.7 Å². The van der Waals surface area contributed by atoms with E-state index < -0.39 is 0 Å². The Labute approximate surface area is 146 Å². The molecule has 2 N–H and O–H groups in total. The molecule has 0 fully saturated rings. The zero-order chi connectivity index (χ0) is 15.0. The molecule has 0 saturated heterocycles. The van der Waals surface area contributed by atoms with Crippen LogP contribution in [-0.2, 0) is 0 Å². The van der Waals surface area contributed by atoms with E-state index in [1.54, 1.807) is 0 Å². The summed E-state index contributed by atoms with van der Waals surface area (Å²) in [5.74, 6) is 0.937. The fourth-order valence-corrected chi connectivity index (χ4v) is 3.79. The zero-order valence-corrected chi connectivity index (χ0v) is 15.9. The van der Waals surface area contributed by atoms with Gasteiger partial charge in [-0.05, 0) is 93.4 Å². The van der Waals surface area contributed by atoms with Gasteiger partial charge in [0.2, 0.25) is 0 Å². The molecule has 2 aromatic rings. The molecule has 0 aliphatic carbocycles. The van der Waals surface area contributed by atoms with Gasteiger partial charge in [-0.2, -0.15) is 0 Å². The number of rotatable bonds is 2. The molecule has 0 aliphatic heterocycles. The number of aryl methyl sites for hydroxylation is 2. The molecule has 0 aromatic heterocycles. The van der Waals surface area contributed by atoms with Crippen molar-refractivity contribution in [2.75, 3.05) is 0 Å². The van der Waals surface area contributed by atoms with Crippen LogP contribution in [0.15, 0.2) is 24.3 Å². The summed E-state index contributed by atoms with van der Waals surface area (Å²) in [4.78, 5) is 0. The molecule has 0 atom stereocenters. The molecule has 0 saturated carbocycles. The van der Waals surface area contributed by atoms with Crippen molar-refractivity contribution in [1.29, 1.82) is 0 Å². The number of hydrogen-bond donors (Lipinski definition) is 2. The fourth-order valence-electron chi connectivity index (χ4n) is 2.22. The van der Waals surface area contributed by atoms with E-state index in [1.165, 1.54) is 11.1 Å². The third-order valence-electron chi connectivity index (χ3n) is 3.55. The average molecular weight is 494 g/mol. The van der Waals surface area contributed by atoms with Crippen LogP contribution < -0.4 is 0 Å². The third kappa shape index (κ3) is 3.05. The normalized spacial score (nSPS) is 11.1. The van der Waals surface area contributed by atoms with E-state index in [1.807, 2.05) is 38.1 Å². The van der Waals surface area contributed by atoms with Crippen molar-refractivity contribution >= 4 is 45.2 Å². The minimum Gasteiger partial charge on any atom is -0.507 e. The Kier molecular flexibility index (Phi) is 4.84. The highest BCUT2D eigenvalue weighted by molar-refractivity contribution is 14.1. The molecule has 20 heavy (non-hydrogen) atoms. The van der Waals surface area contributed by atoms with Gasteiger partial charge in [-0.15, -0.1) is 0 Å². The van der Waals surface area contributed by atoms with Crippen LogP contribution in [0, 0.1) is 21.0 Å². The SMILES string of the molecule is Cc1cc(C(C)c2cc(C)c(O)c(I)c2)cc(I)c1O. The Balaban J connectivity index is 2.49. The fraction of sp³-hybridized carbons (Fsp3) is 0.250. The van der Waals surface area contributed by atoms with Gasteiger partial charge in [0.15, 0.2) is 0 Å². The molecule has 2 rings (SSSR count). The standard InChI is InChI=1S/C16H16I2O2/c1-8-4-11(6-13(17)15(8)19)10(3)12-5-9(2)16(20)14(18)7-12/h4-7,10,19-20H,1-3H3. The summed E-state index contributed by atoms with van der Waals surface area (Å²) < 4.78 is 1.74. The molecule has 2 nitrogen and oxygen atoms in total. The first-order chi connectivity index (χ1) is 9.31. The van der Waals surface area contributed by atoms with Gasteiger partial charge in [-0.1, -0.05) is 19.1 Å². The molecular formula is C16H16I2O2. The van der Waals surface area contributed by atoms with Crippen LogP contribution in [0.1, 0.15) is 35.1 Å². The van der Waals surface area contributed by atoms with Crippen LogP contribution in [0.4, 0.5) is 0 Å². The van der Waals surface area contributed by atoms with E-state index in [0.29, 0.717) is 11.5 Å². The Morgan fingerprint density at radius 2 is 1.15 bits per heavy atom. The highest BCUT2D eigenvalue weighted by Gasteiger charge is 2.15. The highest BCUT2D eigenvalue weighted by Crippen LogP contribution is 2.34. The summed E-state index contributed by atoms with van der Waals surface area (Å²) >= 11 is 4.31. The molecule has 4 heteroatoms.